The van der Waals surface area contributed by atoms with Gasteiger partial charge in [0.15, 0.2) is 5.13 Å². The van der Waals surface area contributed by atoms with Crippen molar-refractivity contribution >= 4 is 39.4 Å². The summed E-state index contributed by atoms with van der Waals surface area (Å²) in [7, 11) is 4.04. The molecule has 0 spiro atoms. The molecule has 0 saturated heterocycles. The molecule has 2 aromatic heterocycles. The van der Waals surface area contributed by atoms with Crippen molar-refractivity contribution in [3.63, 3.8) is 0 Å². The minimum atomic E-state index is 0.343. The lowest BCUT2D eigenvalue weighted by Gasteiger charge is -2.14. The zero-order valence-electron chi connectivity index (χ0n) is 11.5. The minimum absolute atomic E-state index is 0.343. The molecule has 2 heterocycles. The Kier molecular flexibility index (Phi) is 4.84. The second-order valence-electron chi connectivity index (χ2n) is 4.52. The average molecular weight is 316 g/mol. The van der Waals surface area contributed by atoms with Crippen molar-refractivity contribution < 1.29 is 0 Å². The van der Waals surface area contributed by atoms with Gasteiger partial charge in [0.25, 0.3) is 0 Å². The van der Waals surface area contributed by atoms with Crippen molar-refractivity contribution in [1.82, 2.24) is 10.3 Å². The molecule has 0 saturated carbocycles. The van der Waals surface area contributed by atoms with E-state index < -0.39 is 0 Å². The lowest BCUT2D eigenvalue weighted by molar-refractivity contribution is 0.658. The van der Waals surface area contributed by atoms with Crippen LogP contribution in [0.25, 0.3) is 0 Å². The second kappa shape index (κ2) is 6.22. The van der Waals surface area contributed by atoms with E-state index in [2.05, 4.69) is 42.2 Å². The highest BCUT2D eigenvalue weighted by Gasteiger charge is 2.15. The summed E-state index contributed by atoms with van der Waals surface area (Å²) in [6.07, 6.45) is 0. The molecule has 2 aromatic rings. The molecule has 0 aliphatic carbocycles. The highest BCUT2D eigenvalue weighted by molar-refractivity contribution is 7.16. The first-order valence-electron chi connectivity index (χ1n) is 6.11. The van der Waals surface area contributed by atoms with Gasteiger partial charge in [-0.25, -0.2) is 4.98 Å². The summed E-state index contributed by atoms with van der Waals surface area (Å²) in [5.74, 6) is 0. The van der Waals surface area contributed by atoms with E-state index in [1.165, 1.54) is 9.75 Å². The Morgan fingerprint density at radius 3 is 2.74 bits per heavy atom. The van der Waals surface area contributed by atoms with Crippen molar-refractivity contribution in [3.05, 3.63) is 31.9 Å². The predicted octanol–water partition coefficient (Wildman–Crippen LogP) is 4.08. The molecule has 19 heavy (non-hydrogen) atoms. The number of anilines is 1. The van der Waals surface area contributed by atoms with Gasteiger partial charge in [0.05, 0.1) is 16.6 Å². The maximum absolute atomic E-state index is 5.96. The molecule has 3 nitrogen and oxygen atoms in total. The molecule has 1 atom stereocenters. The van der Waals surface area contributed by atoms with Gasteiger partial charge in [-0.3, -0.25) is 0 Å². The standard InChI is InChI=1S/C13H18ClN3S2/c1-8(15-3)12-9(2)16-13(19-12)17(4)7-10-5-6-11(14)18-10/h5-6,8,15H,7H2,1-4H3. The first kappa shape index (κ1) is 14.8. The monoisotopic (exact) mass is 315 g/mol. The van der Waals surface area contributed by atoms with Gasteiger partial charge in [-0.05, 0) is 33.0 Å². The fourth-order valence-electron chi connectivity index (χ4n) is 1.83. The van der Waals surface area contributed by atoms with E-state index in [9.17, 15) is 0 Å². The van der Waals surface area contributed by atoms with E-state index in [1.54, 1.807) is 22.7 Å². The summed E-state index contributed by atoms with van der Waals surface area (Å²) in [6.45, 7) is 5.07. The number of hydrogen-bond acceptors (Lipinski definition) is 5. The highest BCUT2D eigenvalue weighted by Crippen LogP contribution is 2.31. The number of nitrogens with one attached hydrogen (secondary N) is 1. The molecule has 0 radical (unpaired) electrons. The van der Waals surface area contributed by atoms with Crippen molar-refractivity contribution in [2.75, 3.05) is 19.0 Å². The molecule has 6 heteroatoms. The fourth-order valence-corrected chi connectivity index (χ4v) is 4.06. The number of aromatic nitrogens is 1. The fraction of sp³-hybridized carbons (Fsp3) is 0.462. The lowest BCUT2D eigenvalue weighted by atomic mass is 10.2. The number of thiophene rings is 1. The maximum atomic E-state index is 5.96. The lowest BCUT2D eigenvalue weighted by Crippen LogP contribution is -2.15. The molecule has 1 N–H and O–H groups in total. The van der Waals surface area contributed by atoms with Crippen LogP contribution in [0.15, 0.2) is 12.1 Å². The van der Waals surface area contributed by atoms with Gasteiger partial charge in [0, 0.05) is 22.8 Å². The Morgan fingerprint density at radius 2 is 2.16 bits per heavy atom. The summed E-state index contributed by atoms with van der Waals surface area (Å²) in [4.78, 5) is 9.38. The van der Waals surface area contributed by atoms with Crippen LogP contribution in [0, 0.1) is 6.92 Å². The van der Waals surface area contributed by atoms with Crippen molar-refractivity contribution in [2.24, 2.45) is 0 Å². The van der Waals surface area contributed by atoms with Crippen LogP contribution in [-0.4, -0.2) is 19.1 Å². The van der Waals surface area contributed by atoms with Crippen LogP contribution < -0.4 is 10.2 Å². The topological polar surface area (TPSA) is 28.2 Å². The zero-order chi connectivity index (χ0) is 14.0. The largest absolute Gasteiger partial charge is 0.346 e. The van der Waals surface area contributed by atoms with E-state index in [0.29, 0.717) is 6.04 Å². The van der Waals surface area contributed by atoms with Crippen molar-refractivity contribution in [3.8, 4) is 0 Å². The Balaban J connectivity index is 2.13. The molecule has 0 aliphatic heterocycles. The number of hydrogen-bond donors (Lipinski definition) is 1. The van der Waals surface area contributed by atoms with Crippen LogP contribution in [0.4, 0.5) is 5.13 Å². The van der Waals surface area contributed by atoms with Crippen LogP contribution >= 0.6 is 34.3 Å². The second-order valence-corrected chi connectivity index (χ2v) is 7.33. The number of aryl methyl sites for hydroxylation is 1. The molecular weight excluding hydrogens is 298 g/mol. The van der Waals surface area contributed by atoms with Gasteiger partial charge in [-0.15, -0.1) is 22.7 Å². The molecule has 2 rings (SSSR count). The first-order chi connectivity index (χ1) is 9.01. The van der Waals surface area contributed by atoms with Crippen molar-refractivity contribution in [1.29, 1.82) is 0 Å². The zero-order valence-corrected chi connectivity index (χ0v) is 13.9. The van der Waals surface area contributed by atoms with Gasteiger partial charge < -0.3 is 10.2 Å². The molecule has 104 valence electrons. The summed E-state index contributed by atoms with van der Waals surface area (Å²) in [5.41, 5.74) is 1.11. The van der Waals surface area contributed by atoms with Gasteiger partial charge in [-0.2, -0.15) is 0 Å². The number of thiazole rings is 1. The molecule has 0 amide bonds. The van der Waals surface area contributed by atoms with E-state index in [-0.39, 0.29) is 0 Å². The number of halogens is 1. The Bertz CT molecular complexity index is 550. The van der Waals surface area contributed by atoms with E-state index >= 15 is 0 Å². The smallest absolute Gasteiger partial charge is 0.185 e. The summed E-state index contributed by atoms with van der Waals surface area (Å²) in [6, 6.07) is 4.36. The molecule has 0 aromatic carbocycles. The van der Waals surface area contributed by atoms with Crippen LogP contribution in [0.2, 0.25) is 4.34 Å². The van der Waals surface area contributed by atoms with Gasteiger partial charge >= 0.3 is 0 Å². The van der Waals surface area contributed by atoms with Crippen LogP contribution in [0.3, 0.4) is 0 Å². The highest BCUT2D eigenvalue weighted by atomic mass is 35.5. The van der Waals surface area contributed by atoms with Crippen molar-refractivity contribution in [2.45, 2.75) is 26.4 Å². The molecule has 0 aliphatic rings. The Hall–Kier alpha value is -0.620. The maximum Gasteiger partial charge on any atom is 0.185 e. The van der Waals surface area contributed by atoms with E-state index in [0.717, 1.165) is 21.7 Å². The molecular formula is C13H18ClN3S2. The predicted molar refractivity (Wildman–Crippen MR) is 85.8 cm³/mol. The first-order valence-corrected chi connectivity index (χ1v) is 8.12. The Labute approximate surface area is 127 Å². The number of rotatable bonds is 5. The Morgan fingerprint density at radius 1 is 1.42 bits per heavy atom. The van der Waals surface area contributed by atoms with E-state index in [4.69, 9.17) is 11.6 Å². The summed E-state index contributed by atoms with van der Waals surface area (Å²) in [5, 5.41) is 4.32. The normalized spacial score (nSPS) is 12.7. The third-order valence-electron chi connectivity index (χ3n) is 3.00. The number of nitrogens with zero attached hydrogens (tertiary/aromatic N) is 2. The summed E-state index contributed by atoms with van der Waals surface area (Å²) < 4.78 is 0.836. The third-order valence-corrected chi connectivity index (χ3v) is 5.67. The van der Waals surface area contributed by atoms with Gasteiger partial charge in [0.2, 0.25) is 0 Å². The molecule has 0 bridgehead atoms. The van der Waals surface area contributed by atoms with Crippen LogP contribution in [-0.2, 0) is 6.54 Å². The van der Waals surface area contributed by atoms with Gasteiger partial charge in [0.1, 0.15) is 0 Å². The molecule has 0 fully saturated rings. The molecule has 1 unspecified atom stereocenters. The third kappa shape index (κ3) is 3.48. The minimum Gasteiger partial charge on any atom is -0.346 e. The quantitative estimate of drug-likeness (QED) is 0.901. The van der Waals surface area contributed by atoms with E-state index in [1.807, 2.05) is 13.1 Å². The van der Waals surface area contributed by atoms with Crippen LogP contribution in [0.5, 0.6) is 0 Å². The summed E-state index contributed by atoms with van der Waals surface area (Å²) >= 11 is 9.33. The van der Waals surface area contributed by atoms with Crippen LogP contribution in [0.1, 0.15) is 28.4 Å². The van der Waals surface area contributed by atoms with Gasteiger partial charge in [-0.1, -0.05) is 11.6 Å². The SMILES string of the molecule is CNC(C)c1sc(N(C)Cc2ccc(Cl)s2)nc1C. The average Bonchev–Trinajstić information content (AvgIpc) is 2.95.